The number of hydrogen-bond acceptors (Lipinski definition) is 8. The Morgan fingerprint density at radius 3 is 2.51 bits per heavy atom. The van der Waals surface area contributed by atoms with Crippen LogP contribution in [0.5, 0.6) is 0 Å². The summed E-state index contributed by atoms with van der Waals surface area (Å²) in [7, 11) is -3.99. The van der Waals surface area contributed by atoms with Crippen LogP contribution in [-0.2, 0) is 15.4 Å². The standard InChI is InChI=1S/C25H27N7O2S/c1-25(2)17-32(35(33,34)22-6-4-3-5-18(22)15-26)23-21(25)16-28-24(30-23)29-19-7-9-20(10-8-19)31-13-11-27-12-14-31/h3-10,16,27H,11-14,17H2,1-2H3,(H,28,29,30). The molecule has 0 saturated carbocycles. The fourth-order valence-corrected chi connectivity index (χ4v) is 6.27. The van der Waals surface area contributed by atoms with Crippen LogP contribution in [0, 0.1) is 11.3 Å². The lowest BCUT2D eigenvalue weighted by molar-refractivity contribution is 0.553. The predicted molar refractivity (Wildman–Crippen MR) is 136 cm³/mol. The fourth-order valence-electron chi connectivity index (χ4n) is 4.53. The van der Waals surface area contributed by atoms with Gasteiger partial charge in [-0.25, -0.2) is 17.7 Å². The molecule has 0 unspecified atom stereocenters. The molecule has 2 N–H and O–H groups in total. The maximum Gasteiger partial charge on any atom is 0.266 e. The molecule has 3 heterocycles. The number of hydrogen-bond donors (Lipinski definition) is 2. The highest BCUT2D eigenvalue weighted by atomic mass is 32.2. The minimum atomic E-state index is -3.99. The SMILES string of the molecule is CC1(C)CN(S(=O)(=O)c2ccccc2C#N)c2nc(Nc3ccc(N4CCNCC4)cc3)ncc21. The van der Waals surface area contributed by atoms with Crippen molar-refractivity contribution in [2.75, 3.05) is 47.2 Å². The van der Waals surface area contributed by atoms with Crippen molar-refractivity contribution in [3.8, 4) is 6.07 Å². The molecule has 5 rings (SSSR count). The Morgan fingerprint density at radius 2 is 1.80 bits per heavy atom. The highest BCUT2D eigenvalue weighted by Gasteiger charge is 2.43. The van der Waals surface area contributed by atoms with Crippen molar-refractivity contribution >= 4 is 33.2 Å². The molecule has 3 aromatic rings. The van der Waals surface area contributed by atoms with Crippen molar-refractivity contribution in [2.24, 2.45) is 0 Å². The van der Waals surface area contributed by atoms with E-state index in [1.165, 1.54) is 16.4 Å². The Labute approximate surface area is 205 Å². The van der Waals surface area contributed by atoms with Gasteiger partial charge in [-0.15, -0.1) is 0 Å². The normalized spacial score (nSPS) is 17.1. The van der Waals surface area contributed by atoms with Crippen LogP contribution >= 0.6 is 0 Å². The summed E-state index contributed by atoms with van der Waals surface area (Å²) in [5.74, 6) is 0.642. The number of piperazine rings is 1. The third-order valence-corrected chi connectivity index (χ3v) is 8.25. The van der Waals surface area contributed by atoms with Gasteiger partial charge in [0.15, 0.2) is 5.82 Å². The van der Waals surface area contributed by atoms with Crippen molar-refractivity contribution in [3.63, 3.8) is 0 Å². The summed E-state index contributed by atoms with van der Waals surface area (Å²) in [6.07, 6.45) is 1.69. The van der Waals surface area contributed by atoms with Crippen LogP contribution in [0.2, 0.25) is 0 Å². The average molecular weight is 490 g/mol. The topological polar surface area (TPSA) is 114 Å². The molecule has 0 bridgehead atoms. The third-order valence-electron chi connectivity index (χ3n) is 6.45. The highest BCUT2D eigenvalue weighted by molar-refractivity contribution is 7.93. The van der Waals surface area contributed by atoms with Gasteiger partial charge >= 0.3 is 0 Å². The number of sulfonamides is 1. The first kappa shape index (κ1) is 23.1. The lowest BCUT2D eigenvalue weighted by atomic mass is 9.89. The van der Waals surface area contributed by atoms with Gasteiger partial charge in [-0.1, -0.05) is 26.0 Å². The quantitative estimate of drug-likeness (QED) is 0.562. The molecule has 2 aliphatic rings. The zero-order chi connectivity index (χ0) is 24.6. The summed E-state index contributed by atoms with van der Waals surface area (Å²) in [5, 5.41) is 16.0. The number of rotatable bonds is 5. The molecular formula is C25H27N7O2S. The van der Waals surface area contributed by atoms with Crippen LogP contribution in [0.1, 0.15) is 25.0 Å². The van der Waals surface area contributed by atoms with Crippen LogP contribution in [0.25, 0.3) is 0 Å². The summed E-state index contributed by atoms with van der Waals surface area (Å²) in [6, 6.07) is 16.3. The van der Waals surface area contributed by atoms with Crippen LogP contribution < -0.4 is 19.8 Å². The molecule has 2 aromatic carbocycles. The van der Waals surface area contributed by atoms with Crippen LogP contribution in [0.4, 0.5) is 23.1 Å². The van der Waals surface area contributed by atoms with Crippen LogP contribution in [-0.4, -0.2) is 51.1 Å². The molecule has 1 aromatic heterocycles. The molecule has 180 valence electrons. The number of nitrogens with one attached hydrogen (secondary N) is 2. The molecule has 10 heteroatoms. The molecule has 35 heavy (non-hydrogen) atoms. The lowest BCUT2D eigenvalue weighted by Crippen LogP contribution is -2.43. The van der Waals surface area contributed by atoms with Crippen molar-refractivity contribution in [1.29, 1.82) is 5.26 Å². The molecule has 0 atom stereocenters. The Balaban J connectivity index is 1.45. The van der Waals surface area contributed by atoms with Gasteiger partial charge in [0.05, 0.1) is 5.56 Å². The molecule has 0 spiro atoms. The molecule has 0 amide bonds. The predicted octanol–water partition coefficient (Wildman–Crippen LogP) is 2.99. The molecule has 0 radical (unpaired) electrons. The van der Waals surface area contributed by atoms with Gasteiger partial charge < -0.3 is 15.5 Å². The van der Waals surface area contributed by atoms with E-state index in [-0.39, 0.29) is 17.0 Å². The summed E-state index contributed by atoms with van der Waals surface area (Å²) in [5.41, 5.74) is 2.34. The Bertz CT molecular complexity index is 1390. The molecule has 9 nitrogen and oxygen atoms in total. The van der Waals surface area contributed by atoms with Crippen molar-refractivity contribution in [1.82, 2.24) is 15.3 Å². The summed E-state index contributed by atoms with van der Waals surface area (Å²) >= 11 is 0. The van der Waals surface area contributed by atoms with E-state index in [2.05, 4.69) is 37.6 Å². The first-order valence-electron chi connectivity index (χ1n) is 11.5. The maximum atomic E-state index is 13.6. The largest absolute Gasteiger partial charge is 0.369 e. The number of nitrogens with zero attached hydrogens (tertiary/aromatic N) is 5. The number of fused-ring (bicyclic) bond motifs is 1. The van der Waals surface area contributed by atoms with Gasteiger partial charge in [-0.2, -0.15) is 10.2 Å². The second-order valence-electron chi connectivity index (χ2n) is 9.34. The van der Waals surface area contributed by atoms with E-state index in [1.54, 1.807) is 18.3 Å². The molecular weight excluding hydrogens is 462 g/mol. The Hall–Kier alpha value is -3.68. The van der Waals surface area contributed by atoms with E-state index in [0.717, 1.165) is 43.1 Å². The molecule has 1 fully saturated rings. The van der Waals surface area contributed by atoms with E-state index >= 15 is 0 Å². The van der Waals surface area contributed by atoms with E-state index in [0.29, 0.717) is 11.8 Å². The van der Waals surface area contributed by atoms with Crippen LogP contribution in [0.3, 0.4) is 0 Å². The summed E-state index contributed by atoms with van der Waals surface area (Å²) in [6.45, 7) is 8.01. The zero-order valence-corrected chi connectivity index (χ0v) is 20.5. The molecule has 0 aliphatic carbocycles. The number of aromatic nitrogens is 2. The van der Waals surface area contributed by atoms with Gasteiger partial charge in [-0.3, -0.25) is 0 Å². The number of anilines is 4. The van der Waals surface area contributed by atoms with E-state index in [4.69, 9.17) is 0 Å². The van der Waals surface area contributed by atoms with Gasteiger partial charge in [-0.05, 0) is 36.4 Å². The van der Waals surface area contributed by atoms with Crippen molar-refractivity contribution < 1.29 is 8.42 Å². The fraction of sp³-hybridized carbons (Fsp3) is 0.320. The first-order chi connectivity index (χ1) is 16.8. The lowest BCUT2D eigenvalue weighted by Gasteiger charge is -2.29. The van der Waals surface area contributed by atoms with E-state index < -0.39 is 15.4 Å². The van der Waals surface area contributed by atoms with Gasteiger partial charge in [0.25, 0.3) is 10.0 Å². The van der Waals surface area contributed by atoms with E-state index in [9.17, 15) is 13.7 Å². The Kier molecular flexibility index (Phi) is 5.83. The minimum absolute atomic E-state index is 0.0252. The smallest absolute Gasteiger partial charge is 0.266 e. The second kappa shape index (κ2) is 8.83. The third kappa shape index (κ3) is 4.29. The van der Waals surface area contributed by atoms with E-state index in [1.807, 2.05) is 32.0 Å². The minimum Gasteiger partial charge on any atom is -0.369 e. The van der Waals surface area contributed by atoms with Crippen molar-refractivity contribution in [2.45, 2.75) is 24.2 Å². The Morgan fingerprint density at radius 1 is 1.09 bits per heavy atom. The summed E-state index contributed by atoms with van der Waals surface area (Å²) < 4.78 is 28.5. The second-order valence-corrected chi connectivity index (χ2v) is 11.2. The molecule has 1 saturated heterocycles. The van der Waals surface area contributed by atoms with Gasteiger partial charge in [0.2, 0.25) is 5.95 Å². The van der Waals surface area contributed by atoms with Crippen LogP contribution in [0.15, 0.2) is 59.6 Å². The zero-order valence-electron chi connectivity index (χ0n) is 19.7. The maximum absolute atomic E-state index is 13.6. The number of benzene rings is 2. The van der Waals surface area contributed by atoms with Gasteiger partial charge in [0, 0.05) is 61.3 Å². The van der Waals surface area contributed by atoms with Gasteiger partial charge in [0.1, 0.15) is 11.0 Å². The number of nitriles is 1. The summed E-state index contributed by atoms with van der Waals surface area (Å²) in [4.78, 5) is 11.4. The first-order valence-corrected chi connectivity index (χ1v) is 13.0. The monoisotopic (exact) mass is 489 g/mol. The highest BCUT2D eigenvalue weighted by Crippen LogP contribution is 2.42. The van der Waals surface area contributed by atoms with Crippen molar-refractivity contribution in [3.05, 3.63) is 65.9 Å². The molecule has 2 aliphatic heterocycles. The average Bonchev–Trinajstić information content (AvgIpc) is 3.15.